The lowest BCUT2D eigenvalue weighted by Crippen LogP contribution is -2.26. The largest absolute Gasteiger partial charge is 0.390 e. The maximum absolute atomic E-state index is 9.54. The fourth-order valence-corrected chi connectivity index (χ4v) is 1.30. The van der Waals surface area contributed by atoms with Gasteiger partial charge in [0.15, 0.2) is 0 Å². The van der Waals surface area contributed by atoms with Crippen LogP contribution in [0.4, 0.5) is 5.95 Å². The minimum absolute atomic E-state index is 0.613. The van der Waals surface area contributed by atoms with Crippen molar-refractivity contribution in [2.75, 3.05) is 25.5 Å². The van der Waals surface area contributed by atoms with Gasteiger partial charge in [-0.05, 0) is 26.8 Å². The third kappa shape index (κ3) is 5.60. The highest BCUT2D eigenvalue weighted by molar-refractivity contribution is 5.26. The molecule has 0 aliphatic rings. The highest BCUT2D eigenvalue weighted by atomic mass is 16.3. The van der Waals surface area contributed by atoms with E-state index >= 15 is 0 Å². The Bertz CT molecular complexity index is 329. The van der Waals surface area contributed by atoms with Crippen LogP contribution in [0.2, 0.25) is 0 Å². The van der Waals surface area contributed by atoms with Gasteiger partial charge in [-0.15, -0.1) is 0 Å². The average Bonchev–Trinajstić information content (AvgIpc) is 2.24. The molecular formula is C12H22N4O. The average molecular weight is 238 g/mol. The second-order valence-corrected chi connectivity index (χ2v) is 5.02. The van der Waals surface area contributed by atoms with Crippen LogP contribution in [0.3, 0.4) is 0 Å². The Kier molecular flexibility index (Phi) is 4.84. The van der Waals surface area contributed by atoms with Crippen molar-refractivity contribution in [3.05, 3.63) is 18.0 Å². The standard InChI is InChI=1S/C12H22N4O/c1-12(2,17)5-6-13-7-10-8-14-11(15-9-10)16(3)4/h8-9,13,17H,5-7H2,1-4H3. The molecule has 0 aliphatic carbocycles. The van der Waals surface area contributed by atoms with E-state index in [9.17, 15) is 5.11 Å². The number of aliphatic hydroxyl groups is 1. The van der Waals surface area contributed by atoms with Gasteiger partial charge < -0.3 is 15.3 Å². The summed E-state index contributed by atoms with van der Waals surface area (Å²) in [5.74, 6) is 0.713. The van der Waals surface area contributed by atoms with E-state index in [1.165, 1.54) is 0 Å². The van der Waals surface area contributed by atoms with Crippen molar-refractivity contribution in [2.45, 2.75) is 32.4 Å². The summed E-state index contributed by atoms with van der Waals surface area (Å²) in [6.45, 7) is 5.12. The molecule has 0 radical (unpaired) electrons. The summed E-state index contributed by atoms with van der Waals surface area (Å²) >= 11 is 0. The Morgan fingerprint density at radius 2 is 1.88 bits per heavy atom. The SMILES string of the molecule is CN(C)c1ncc(CNCCC(C)(C)O)cn1. The third-order valence-corrected chi connectivity index (χ3v) is 2.33. The predicted molar refractivity (Wildman–Crippen MR) is 69.0 cm³/mol. The zero-order chi connectivity index (χ0) is 12.9. The summed E-state index contributed by atoms with van der Waals surface area (Å²) in [6.07, 6.45) is 4.36. The van der Waals surface area contributed by atoms with E-state index in [0.29, 0.717) is 5.95 Å². The second kappa shape index (κ2) is 5.93. The molecule has 2 N–H and O–H groups in total. The van der Waals surface area contributed by atoms with Crippen LogP contribution < -0.4 is 10.2 Å². The molecule has 0 saturated carbocycles. The number of anilines is 1. The number of nitrogens with zero attached hydrogens (tertiary/aromatic N) is 3. The molecule has 96 valence electrons. The van der Waals surface area contributed by atoms with E-state index in [2.05, 4.69) is 15.3 Å². The maximum atomic E-state index is 9.54. The van der Waals surface area contributed by atoms with Gasteiger partial charge in [0, 0.05) is 38.6 Å². The highest BCUT2D eigenvalue weighted by Crippen LogP contribution is 2.06. The molecule has 0 fully saturated rings. The summed E-state index contributed by atoms with van der Waals surface area (Å²) in [6, 6.07) is 0. The van der Waals surface area contributed by atoms with Gasteiger partial charge in [-0.3, -0.25) is 0 Å². The van der Waals surface area contributed by atoms with Crippen LogP contribution in [0.25, 0.3) is 0 Å². The molecule has 0 saturated heterocycles. The fraction of sp³-hybridized carbons (Fsp3) is 0.667. The van der Waals surface area contributed by atoms with E-state index in [4.69, 9.17) is 0 Å². The zero-order valence-corrected chi connectivity index (χ0v) is 11.1. The Labute approximate surface area is 103 Å². The van der Waals surface area contributed by atoms with Gasteiger partial charge in [0.05, 0.1) is 5.60 Å². The zero-order valence-electron chi connectivity index (χ0n) is 11.1. The summed E-state index contributed by atoms with van der Waals surface area (Å²) in [4.78, 5) is 10.3. The van der Waals surface area contributed by atoms with Gasteiger partial charge in [0.25, 0.3) is 0 Å². The van der Waals surface area contributed by atoms with E-state index < -0.39 is 5.60 Å². The van der Waals surface area contributed by atoms with Gasteiger partial charge >= 0.3 is 0 Å². The number of hydrogen-bond acceptors (Lipinski definition) is 5. The third-order valence-electron chi connectivity index (χ3n) is 2.33. The summed E-state index contributed by atoms with van der Waals surface area (Å²) < 4.78 is 0. The molecule has 5 heteroatoms. The molecular weight excluding hydrogens is 216 g/mol. The van der Waals surface area contributed by atoms with Crippen LogP contribution >= 0.6 is 0 Å². The predicted octanol–water partition coefficient (Wildman–Crippen LogP) is 0.793. The number of nitrogens with one attached hydrogen (secondary N) is 1. The van der Waals surface area contributed by atoms with Crippen LogP contribution in [-0.2, 0) is 6.54 Å². The van der Waals surface area contributed by atoms with Crippen molar-refractivity contribution in [3.8, 4) is 0 Å². The molecule has 1 rings (SSSR count). The minimum atomic E-state index is -0.613. The lowest BCUT2D eigenvalue weighted by atomic mass is 10.1. The Morgan fingerprint density at radius 1 is 1.29 bits per heavy atom. The smallest absolute Gasteiger partial charge is 0.224 e. The molecule has 1 heterocycles. The fourth-order valence-electron chi connectivity index (χ4n) is 1.30. The van der Waals surface area contributed by atoms with Crippen LogP contribution in [0.15, 0.2) is 12.4 Å². The molecule has 0 spiro atoms. The van der Waals surface area contributed by atoms with Crippen LogP contribution in [0, 0.1) is 0 Å². The Morgan fingerprint density at radius 3 is 2.35 bits per heavy atom. The van der Waals surface area contributed by atoms with E-state index in [1.807, 2.05) is 45.2 Å². The quantitative estimate of drug-likeness (QED) is 0.718. The topological polar surface area (TPSA) is 61.3 Å². The molecule has 0 unspecified atom stereocenters. The van der Waals surface area contributed by atoms with Crippen molar-refractivity contribution < 1.29 is 5.11 Å². The number of aromatic nitrogens is 2. The molecule has 5 nitrogen and oxygen atoms in total. The van der Waals surface area contributed by atoms with Crippen molar-refractivity contribution in [3.63, 3.8) is 0 Å². The van der Waals surface area contributed by atoms with Crippen molar-refractivity contribution >= 4 is 5.95 Å². The van der Waals surface area contributed by atoms with Gasteiger partial charge in [0.1, 0.15) is 0 Å². The van der Waals surface area contributed by atoms with Crippen molar-refractivity contribution in [2.24, 2.45) is 0 Å². The first-order valence-electron chi connectivity index (χ1n) is 5.80. The van der Waals surface area contributed by atoms with E-state index in [-0.39, 0.29) is 0 Å². The van der Waals surface area contributed by atoms with Gasteiger partial charge in [-0.1, -0.05) is 0 Å². The normalized spacial score (nSPS) is 11.6. The summed E-state index contributed by atoms with van der Waals surface area (Å²) in [7, 11) is 3.83. The summed E-state index contributed by atoms with van der Waals surface area (Å²) in [5.41, 5.74) is 0.435. The van der Waals surface area contributed by atoms with E-state index in [1.54, 1.807) is 0 Å². The van der Waals surface area contributed by atoms with Crippen LogP contribution in [0.1, 0.15) is 25.8 Å². The molecule has 1 aromatic rings. The second-order valence-electron chi connectivity index (χ2n) is 5.02. The number of hydrogen-bond donors (Lipinski definition) is 2. The molecule has 0 aliphatic heterocycles. The first-order chi connectivity index (χ1) is 7.88. The van der Waals surface area contributed by atoms with Crippen molar-refractivity contribution in [1.82, 2.24) is 15.3 Å². The first-order valence-corrected chi connectivity index (χ1v) is 5.80. The van der Waals surface area contributed by atoms with E-state index in [0.717, 1.165) is 25.1 Å². The first kappa shape index (κ1) is 13.9. The maximum Gasteiger partial charge on any atom is 0.224 e. The molecule has 0 aromatic carbocycles. The molecule has 0 amide bonds. The Balaban J connectivity index is 2.33. The lowest BCUT2D eigenvalue weighted by Gasteiger charge is -2.17. The number of rotatable bonds is 6. The van der Waals surface area contributed by atoms with Gasteiger partial charge in [0.2, 0.25) is 5.95 Å². The lowest BCUT2D eigenvalue weighted by molar-refractivity contribution is 0.0711. The van der Waals surface area contributed by atoms with Crippen LogP contribution in [-0.4, -0.2) is 41.3 Å². The summed E-state index contributed by atoms with van der Waals surface area (Å²) in [5, 5.41) is 12.8. The Hall–Kier alpha value is -1.20. The van der Waals surface area contributed by atoms with Gasteiger partial charge in [-0.2, -0.15) is 0 Å². The van der Waals surface area contributed by atoms with Crippen LogP contribution in [0.5, 0.6) is 0 Å². The molecule has 17 heavy (non-hydrogen) atoms. The molecule has 0 atom stereocenters. The molecule has 0 bridgehead atoms. The minimum Gasteiger partial charge on any atom is -0.390 e. The van der Waals surface area contributed by atoms with Crippen molar-refractivity contribution in [1.29, 1.82) is 0 Å². The highest BCUT2D eigenvalue weighted by Gasteiger charge is 2.10. The molecule has 1 aromatic heterocycles. The monoisotopic (exact) mass is 238 g/mol. The van der Waals surface area contributed by atoms with Gasteiger partial charge in [-0.25, -0.2) is 9.97 Å².